The van der Waals surface area contributed by atoms with Gasteiger partial charge in [0.15, 0.2) is 5.78 Å². The molecule has 0 bridgehead atoms. The van der Waals surface area contributed by atoms with Crippen molar-refractivity contribution in [3.05, 3.63) is 102 Å². The second-order valence-corrected chi connectivity index (χ2v) is 5.74. The van der Waals surface area contributed by atoms with E-state index < -0.39 is 0 Å². The number of para-hydroxylation sites is 1. The Morgan fingerprint density at radius 1 is 0.885 bits per heavy atom. The maximum Gasteiger partial charge on any atom is 0.185 e. The molecule has 3 aromatic carbocycles. The summed E-state index contributed by atoms with van der Waals surface area (Å²) in [5.74, 6) is 1.41. The molecule has 0 fully saturated rings. The average molecular weight is 344 g/mol. The van der Waals surface area contributed by atoms with Crippen molar-refractivity contribution in [2.24, 2.45) is 0 Å². The molecule has 0 aliphatic rings. The number of carbonyl (C=O) groups is 1. The minimum atomic E-state index is -0.0643. The zero-order chi connectivity index (χ0) is 18.2. The largest absolute Gasteiger partial charge is 0.497 e. The van der Waals surface area contributed by atoms with Gasteiger partial charge in [-0.05, 0) is 48.0 Å². The molecule has 0 radical (unpaired) electrons. The lowest BCUT2D eigenvalue weighted by Gasteiger charge is -2.09. The number of carbonyl (C=O) groups excluding carboxylic acids is 1. The van der Waals surface area contributed by atoms with Gasteiger partial charge in [-0.15, -0.1) is 0 Å². The van der Waals surface area contributed by atoms with Gasteiger partial charge >= 0.3 is 0 Å². The van der Waals surface area contributed by atoms with Crippen molar-refractivity contribution in [3.63, 3.8) is 0 Å². The van der Waals surface area contributed by atoms with Gasteiger partial charge in [-0.25, -0.2) is 0 Å². The van der Waals surface area contributed by atoms with Gasteiger partial charge in [0, 0.05) is 11.1 Å². The van der Waals surface area contributed by atoms with E-state index in [-0.39, 0.29) is 5.78 Å². The first-order valence-electron chi connectivity index (χ1n) is 8.38. The molecule has 0 aliphatic heterocycles. The molecule has 0 amide bonds. The highest BCUT2D eigenvalue weighted by Gasteiger charge is 2.04. The Morgan fingerprint density at radius 2 is 1.58 bits per heavy atom. The second-order valence-electron chi connectivity index (χ2n) is 5.74. The zero-order valence-corrected chi connectivity index (χ0v) is 14.6. The van der Waals surface area contributed by atoms with Crippen LogP contribution >= 0.6 is 0 Å². The number of hydrogen-bond donors (Lipinski definition) is 0. The first-order chi connectivity index (χ1) is 12.8. The Balaban J connectivity index is 1.70. The summed E-state index contributed by atoms with van der Waals surface area (Å²) in [5.41, 5.74) is 2.58. The number of rotatable bonds is 7. The summed E-state index contributed by atoms with van der Waals surface area (Å²) in [5, 5.41) is 0. The van der Waals surface area contributed by atoms with Crippen LogP contribution in [0.5, 0.6) is 11.5 Å². The molecular formula is C23H20O3. The van der Waals surface area contributed by atoms with Crippen LogP contribution < -0.4 is 9.47 Å². The maximum atomic E-state index is 12.3. The van der Waals surface area contributed by atoms with Crippen molar-refractivity contribution in [1.82, 2.24) is 0 Å². The van der Waals surface area contributed by atoms with Crippen LogP contribution in [-0.2, 0) is 6.61 Å². The number of benzene rings is 3. The van der Waals surface area contributed by atoms with Crippen molar-refractivity contribution in [3.8, 4) is 11.5 Å². The first kappa shape index (κ1) is 17.5. The Bertz CT molecular complexity index is 881. The van der Waals surface area contributed by atoms with Crippen molar-refractivity contribution in [1.29, 1.82) is 0 Å². The van der Waals surface area contributed by atoms with Crippen LogP contribution in [0.1, 0.15) is 21.5 Å². The fourth-order valence-electron chi connectivity index (χ4n) is 2.50. The molecule has 130 valence electrons. The molecule has 0 unspecified atom stereocenters. The van der Waals surface area contributed by atoms with Gasteiger partial charge in [0.05, 0.1) is 7.11 Å². The summed E-state index contributed by atoms with van der Waals surface area (Å²) in [4.78, 5) is 12.3. The molecule has 0 N–H and O–H groups in total. The third-order valence-electron chi connectivity index (χ3n) is 3.94. The molecule has 0 saturated carbocycles. The predicted octanol–water partition coefficient (Wildman–Crippen LogP) is 5.17. The monoisotopic (exact) mass is 344 g/mol. The molecule has 0 heterocycles. The van der Waals surface area contributed by atoms with Gasteiger partial charge in [-0.2, -0.15) is 0 Å². The summed E-state index contributed by atoms with van der Waals surface area (Å²) in [6.45, 7) is 0.484. The maximum absolute atomic E-state index is 12.3. The molecule has 0 atom stereocenters. The predicted molar refractivity (Wildman–Crippen MR) is 104 cm³/mol. The van der Waals surface area contributed by atoms with Gasteiger partial charge in [-0.1, -0.05) is 48.5 Å². The van der Waals surface area contributed by atoms with Crippen LogP contribution in [0.2, 0.25) is 0 Å². The van der Waals surface area contributed by atoms with E-state index in [9.17, 15) is 4.79 Å². The van der Waals surface area contributed by atoms with E-state index in [1.54, 1.807) is 43.5 Å². The van der Waals surface area contributed by atoms with Crippen LogP contribution in [0.25, 0.3) is 6.08 Å². The lowest BCUT2D eigenvalue weighted by atomic mass is 10.1. The number of hydrogen-bond acceptors (Lipinski definition) is 3. The molecule has 3 aromatic rings. The number of methoxy groups -OCH3 is 1. The topological polar surface area (TPSA) is 35.5 Å². The van der Waals surface area contributed by atoms with E-state index in [1.807, 2.05) is 54.6 Å². The van der Waals surface area contributed by atoms with Gasteiger partial charge in [0.1, 0.15) is 18.1 Å². The number of ketones is 1. The van der Waals surface area contributed by atoms with Gasteiger partial charge in [-0.3, -0.25) is 4.79 Å². The molecular weight excluding hydrogens is 324 g/mol. The van der Waals surface area contributed by atoms with Crippen LogP contribution in [0, 0.1) is 0 Å². The van der Waals surface area contributed by atoms with E-state index >= 15 is 0 Å². The summed E-state index contributed by atoms with van der Waals surface area (Å²) >= 11 is 0. The Morgan fingerprint density at radius 3 is 2.31 bits per heavy atom. The second kappa shape index (κ2) is 8.67. The molecule has 0 aromatic heterocycles. The third-order valence-corrected chi connectivity index (χ3v) is 3.94. The molecule has 26 heavy (non-hydrogen) atoms. The molecule has 0 saturated heterocycles. The van der Waals surface area contributed by atoms with Crippen molar-refractivity contribution >= 4 is 11.9 Å². The van der Waals surface area contributed by atoms with Gasteiger partial charge in [0.25, 0.3) is 0 Å². The molecule has 3 heteroatoms. The number of allylic oxidation sites excluding steroid dienone is 1. The highest BCUT2D eigenvalue weighted by Crippen LogP contribution is 2.21. The summed E-state index contributed by atoms with van der Waals surface area (Å²) in [7, 11) is 1.60. The van der Waals surface area contributed by atoms with Crippen LogP contribution in [0.15, 0.2) is 84.9 Å². The molecule has 3 rings (SSSR count). The van der Waals surface area contributed by atoms with E-state index in [2.05, 4.69) is 0 Å². The minimum absolute atomic E-state index is 0.0643. The van der Waals surface area contributed by atoms with Crippen LogP contribution in [0.3, 0.4) is 0 Å². The van der Waals surface area contributed by atoms with E-state index in [4.69, 9.17) is 9.47 Å². The Hall–Kier alpha value is -3.33. The molecule has 0 aliphatic carbocycles. The van der Waals surface area contributed by atoms with Crippen molar-refractivity contribution < 1.29 is 14.3 Å². The average Bonchev–Trinajstić information content (AvgIpc) is 2.72. The quantitative estimate of drug-likeness (QED) is 0.438. The normalized spacial score (nSPS) is 10.7. The number of ether oxygens (including phenoxy) is 2. The van der Waals surface area contributed by atoms with Gasteiger partial charge < -0.3 is 9.47 Å². The van der Waals surface area contributed by atoms with Crippen LogP contribution in [0.4, 0.5) is 0 Å². The van der Waals surface area contributed by atoms with E-state index in [0.717, 1.165) is 22.6 Å². The highest BCUT2D eigenvalue weighted by atomic mass is 16.5. The van der Waals surface area contributed by atoms with Crippen molar-refractivity contribution in [2.75, 3.05) is 7.11 Å². The highest BCUT2D eigenvalue weighted by molar-refractivity contribution is 6.07. The van der Waals surface area contributed by atoms with Gasteiger partial charge in [0.2, 0.25) is 0 Å². The smallest absolute Gasteiger partial charge is 0.185 e. The van der Waals surface area contributed by atoms with E-state index in [0.29, 0.717) is 12.2 Å². The van der Waals surface area contributed by atoms with E-state index in [1.165, 1.54) is 0 Å². The lowest BCUT2D eigenvalue weighted by molar-refractivity contribution is 0.104. The fraction of sp³-hybridized carbons (Fsp3) is 0.0870. The van der Waals surface area contributed by atoms with Crippen molar-refractivity contribution in [2.45, 2.75) is 6.61 Å². The summed E-state index contributed by atoms with van der Waals surface area (Å²) < 4.78 is 11.0. The first-order valence-corrected chi connectivity index (χ1v) is 8.38. The Kier molecular flexibility index (Phi) is 5.84. The minimum Gasteiger partial charge on any atom is -0.497 e. The Labute approximate surface area is 153 Å². The lowest BCUT2D eigenvalue weighted by Crippen LogP contribution is -1.97. The SMILES string of the molecule is COc1ccc(C(=O)/C=C/c2ccccc2OCc2ccccc2)cc1. The molecule has 3 nitrogen and oxygen atoms in total. The zero-order valence-electron chi connectivity index (χ0n) is 14.6. The summed E-state index contributed by atoms with van der Waals surface area (Å²) in [6.07, 6.45) is 3.35. The molecule has 0 spiro atoms. The van der Waals surface area contributed by atoms with Crippen LogP contribution in [-0.4, -0.2) is 12.9 Å². The third kappa shape index (κ3) is 4.61. The standard InChI is InChI=1S/C23H20O3/c1-25-21-14-11-19(12-15-21)22(24)16-13-20-9-5-6-10-23(20)26-17-18-7-3-2-4-8-18/h2-16H,17H2,1H3/b16-13+. The summed E-state index contributed by atoms with van der Waals surface area (Å²) in [6, 6.07) is 24.7. The fourth-order valence-corrected chi connectivity index (χ4v) is 2.50.